The van der Waals surface area contributed by atoms with Gasteiger partial charge in [-0.2, -0.15) is 0 Å². The molecule has 9 heteroatoms. The summed E-state index contributed by atoms with van der Waals surface area (Å²) in [6.45, 7) is 3.92. The molecule has 0 aliphatic carbocycles. The molecule has 1 amide bonds. The molecule has 3 aromatic rings. The fourth-order valence-corrected chi connectivity index (χ4v) is 3.28. The molecule has 0 spiro atoms. The highest BCUT2D eigenvalue weighted by molar-refractivity contribution is 6.35. The normalized spacial score (nSPS) is 11.6. The molecule has 3 rings (SSSR count). The maximum Gasteiger partial charge on any atom is 0.268 e. The van der Waals surface area contributed by atoms with Gasteiger partial charge in [-0.25, -0.2) is 9.97 Å². The Bertz CT molecular complexity index is 1030. The Hall–Kier alpha value is -2.54. The highest BCUT2D eigenvalue weighted by Gasteiger charge is 2.24. The second-order valence-electron chi connectivity index (χ2n) is 6.17. The lowest BCUT2D eigenvalue weighted by Crippen LogP contribution is -2.41. The average molecular weight is 467 g/mol. The fraction of sp³-hybridized carbons (Fsp3) is 0.190. The number of nitrogens with zero attached hydrogens (tertiary/aromatic N) is 3. The van der Waals surface area contributed by atoms with Crippen molar-refractivity contribution in [1.29, 1.82) is 0 Å². The standard InChI is InChI=1S/C21H18Cl3N3O3/c1-3-27(19-17(23)5-4-10-25-19)21(28)13(2)29-15-6-8-16(9-7-15)30-20-18(24)11-14(22)12-26-20/h4-13H,3H2,1-2H3/t13-/m1/s1. The highest BCUT2D eigenvalue weighted by atomic mass is 35.5. The third-order valence-corrected chi connectivity index (χ3v) is 4.82. The maximum atomic E-state index is 12.8. The van der Waals surface area contributed by atoms with E-state index in [1.54, 1.807) is 55.6 Å². The van der Waals surface area contributed by atoms with Gasteiger partial charge in [0.2, 0.25) is 5.88 Å². The van der Waals surface area contributed by atoms with Crippen molar-refractivity contribution in [3.05, 3.63) is 69.9 Å². The molecule has 30 heavy (non-hydrogen) atoms. The zero-order valence-electron chi connectivity index (χ0n) is 16.2. The van der Waals surface area contributed by atoms with Crippen molar-refractivity contribution in [3.8, 4) is 17.4 Å². The van der Waals surface area contributed by atoms with E-state index in [0.717, 1.165) is 0 Å². The van der Waals surface area contributed by atoms with Crippen molar-refractivity contribution in [1.82, 2.24) is 9.97 Å². The molecule has 1 atom stereocenters. The molecule has 0 N–H and O–H groups in total. The number of carbonyl (C=O) groups excluding carboxylic acids is 1. The quantitative estimate of drug-likeness (QED) is 0.424. The van der Waals surface area contributed by atoms with Crippen LogP contribution < -0.4 is 14.4 Å². The van der Waals surface area contributed by atoms with Crippen LogP contribution in [0.2, 0.25) is 15.1 Å². The Morgan fingerprint density at radius 1 is 1.07 bits per heavy atom. The van der Waals surface area contributed by atoms with E-state index < -0.39 is 6.10 Å². The lowest BCUT2D eigenvalue weighted by Gasteiger charge is -2.24. The summed E-state index contributed by atoms with van der Waals surface area (Å²) in [5, 5.41) is 1.12. The molecule has 0 bridgehead atoms. The molecule has 0 saturated heterocycles. The third-order valence-electron chi connectivity index (χ3n) is 4.05. The summed E-state index contributed by atoms with van der Waals surface area (Å²) in [6, 6.07) is 11.7. The van der Waals surface area contributed by atoms with Crippen LogP contribution >= 0.6 is 34.8 Å². The Labute approximate surface area is 189 Å². The number of anilines is 1. The topological polar surface area (TPSA) is 64.6 Å². The van der Waals surface area contributed by atoms with E-state index in [-0.39, 0.29) is 11.8 Å². The third kappa shape index (κ3) is 5.33. The average Bonchev–Trinajstić information content (AvgIpc) is 2.73. The van der Waals surface area contributed by atoms with Gasteiger partial charge >= 0.3 is 0 Å². The summed E-state index contributed by atoms with van der Waals surface area (Å²) in [5.41, 5.74) is 0. The molecular weight excluding hydrogens is 449 g/mol. The van der Waals surface area contributed by atoms with Crippen molar-refractivity contribution in [2.24, 2.45) is 0 Å². The molecule has 0 saturated carbocycles. The maximum absolute atomic E-state index is 12.8. The van der Waals surface area contributed by atoms with Gasteiger partial charge < -0.3 is 9.47 Å². The number of rotatable bonds is 7. The Morgan fingerprint density at radius 2 is 1.77 bits per heavy atom. The van der Waals surface area contributed by atoms with E-state index >= 15 is 0 Å². The van der Waals surface area contributed by atoms with E-state index in [9.17, 15) is 4.79 Å². The molecule has 2 heterocycles. The summed E-state index contributed by atoms with van der Waals surface area (Å²) < 4.78 is 11.4. The number of aromatic nitrogens is 2. The van der Waals surface area contributed by atoms with E-state index in [1.165, 1.54) is 11.1 Å². The van der Waals surface area contributed by atoms with Crippen LogP contribution in [0.1, 0.15) is 13.8 Å². The first-order valence-electron chi connectivity index (χ1n) is 9.06. The SMILES string of the molecule is CCN(C(=O)[C@@H](C)Oc1ccc(Oc2ncc(Cl)cc2Cl)cc1)c1ncccc1Cl. The number of halogens is 3. The van der Waals surface area contributed by atoms with E-state index in [2.05, 4.69) is 9.97 Å². The van der Waals surface area contributed by atoms with Gasteiger partial charge in [-0.05, 0) is 56.3 Å². The number of hydrogen-bond donors (Lipinski definition) is 0. The first-order chi connectivity index (χ1) is 14.4. The number of ether oxygens (including phenoxy) is 2. The molecule has 6 nitrogen and oxygen atoms in total. The van der Waals surface area contributed by atoms with Crippen molar-refractivity contribution in [2.75, 3.05) is 11.4 Å². The monoisotopic (exact) mass is 465 g/mol. The van der Waals surface area contributed by atoms with Crippen LogP contribution in [-0.4, -0.2) is 28.5 Å². The highest BCUT2D eigenvalue weighted by Crippen LogP contribution is 2.30. The van der Waals surface area contributed by atoms with Crippen LogP contribution in [0.3, 0.4) is 0 Å². The van der Waals surface area contributed by atoms with Crippen molar-refractivity contribution in [2.45, 2.75) is 20.0 Å². The Balaban J connectivity index is 1.67. The van der Waals surface area contributed by atoms with Gasteiger partial charge in [0.05, 0.1) is 10.0 Å². The second kappa shape index (κ2) is 9.98. The van der Waals surface area contributed by atoms with Gasteiger partial charge in [-0.15, -0.1) is 0 Å². The lowest BCUT2D eigenvalue weighted by molar-refractivity contribution is -0.124. The minimum absolute atomic E-state index is 0.240. The minimum atomic E-state index is -0.748. The number of carbonyl (C=O) groups is 1. The van der Waals surface area contributed by atoms with Crippen LogP contribution in [0, 0.1) is 0 Å². The zero-order chi connectivity index (χ0) is 21.7. The number of pyridine rings is 2. The number of hydrogen-bond acceptors (Lipinski definition) is 5. The van der Waals surface area contributed by atoms with Gasteiger partial charge in [0.15, 0.2) is 11.9 Å². The van der Waals surface area contributed by atoms with Crippen LogP contribution in [0.5, 0.6) is 17.4 Å². The molecule has 0 aliphatic heterocycles. The number of amides is 1. The molecule has 0 fully saturated rings. The summed E-state index contributed by atoms with van der Waals surface area (Å²) in [6.07, 6.45) is 2.28. The largest absolute Gasteiger partial charge is 0.481 e. The number of benzene rings is 1. The van der Waals surface area contributed by atoms with E-state index in [4.69, 9.17) is 44.3 Å². The smallest absolute Gasteiger partial charge is 0.268 e. The Morgan fingerprint density at radius 3 is 2.40 bits per heavy atom. The first-order valence-corrected chi connectivity index (χ1v) is 10.2. The van der Waals surface area contributed by atoms with Crippen molar-refractivity contribution in [3.63, 3.8) is 0 Å². The fourth-order valence-electron chi connectivity index (χ4n) is 2.63. The predicted octanol–water partition coefficient (Wildman–Crippen LogP) is 6.05. The summed E-state index contributed by atoms with van der Waals surface area (Å²) in [7, 11) is 0. The molecule has 1 aromatic carbocycles. The van der Waals surface area contributed by atoms with Crippen molar-refractivity contribution < 1.29 is 14.3 Å². The molecule has 0 radical (unpaired) electrons. The van der Waals surface area contributed by atoms with Crippen LogP contribution in [0.25, 0.3) is 0 Å². The summed E-state index contributed by atoms with van der Waals surface area (Å²) in [5.74, 6) is 1.40. The van der Waals surface area contributed by atoms with Crippen LogP contribution in [0.4, 0.5) is 5.82 Å². The van der Waals surface area contributed by atoms with Gasteiger partial charge in [0.25, 0.3) is 5.91 Å². The van der Waals surface area contributed by atoms with Gasteiger partial charge in [0.1, 0.15) is 16.5 Å². The van der Waals surface area contributed by atoms with Gasteiger partial charge in [-0.1, -0.05) is 34.8 Å². The number of likely N-dealkylation sites (N-methyl/N-ethyl adjacent to an activating group) is 1. The lowest BCUT2D eigenvalue weighted by atomic mass is 10.3. The summed E-state index contributed by atoms with van der Waals surface area (Å²) >= 11 is 18.1. The second-order valence-corrected chi connectivity index (χ2v) is 7.42. The predicted molar refractivity (Wildman–Crippen MR) is 118 cm³/mol. The van der Waals surface area contributed by atoms with E-state index in [1.807, 2.05) is 6.92 Å². The minimum Gasteiger partial charge on any atom is -0.481 e. The van der Waals surface area contributed by atoms with E-state index in [0.29, 0.717) is 38.9 Å². The van der Waals surface area contributed by atoms with Crippen LogP contribution in [-0.2, 0) is 4.79 Å². The first kappa shape index (κ1) is 22.2. The molecule has 0 aliphatic rings. The van der Waals surface area contributed by atoms with Gasteiger partial charge in [0, 0.05) is 18.9 Å². The molecule has 0 unspecified atom stereocenters. The zero-order valence-corrected chi connectivity index (χ0v) is 18.4. The Kier molecular flexibility index (Phi) is 7.37. The molecular formula is C21H18Cl3N3O3. The van der Waals surface area contributed by atoms with Gasteiger partial charge in [-0.3, -0.25) is 9.69 Å². The van der Waals surface area contributed by atoms with Crippen molar-refractivity contribution >= 4 is 46.5 Å². The molecule has 2 aromatic heterocycles. The van der Waals surface area contributed by atoms with Crippen LogP contribution in [0.15, 0.2) is 54.9 Å². The molecule has 156 valence electrons. The summed E-state index contributed by atoms with van der Waals surface area (Å²) in [4.78, 5) is 22.6.